The van der Waals surface area contributed by atoms with Gasteiger partial charge in [-0.15, -0.1) is 0 Å². The molecule has 2 aromatic carbocycles. The van der Waals surface area contributed by atoms with Crippen molar-refractivity contribution >= 4 is 23.6 Å². The summed E-state index contributed by atoms with van der Waals surface area (Å²) >= 11 is 0. The van der Waals surface area contributed by atoms with Crippen molar-refractivity contribution in [2.24, 2.45) is 10.9 Å². The molecule has 0 fully saturated rings. The third-order valence-corrected chi connectivity index (χ3v) is 3.99. The van der Waals surface area contributed by atoms with Crippen LogP contribution in [-0.4, -0.2) is 30.5 Å². The Bertz CT molecular complexity index is 1010. The topological polar surface area (TPSA) is 100 Å². The van der Waals surface area contributed by atoms with E-state index >= 15 is 0 Å². The predicted molar refractivity (Wildman–Crippen MR) is 107 cm³/mol. The molecule has 1 aliphatic rings. The van der Waals surface area contributed by atoms with Crippen LogP contribution < -0.4 is 9.47 Å². The van der Waals surface area contributed by atoms with Gasteiger partial charge < -0.3 is 14.2 Å². The molecule has 0 bridgehead atoms. The van der Waals surface area contributed by atoms with E-state index < -0.39 is 10.9 Å². The van der Waals surface area contributed by atoms with Gasteiger partial charge in [0.2, 0.25) is 5.90 Å². The first-order valence-corrected chi connectivity index (χ1v) is 8.95. The number of hydrogen-bond donors (Lipinski definition) is 0. The molecule has 1 aliphatic heterocycles. The summed E-state index contributed by atoms with van der Waals surface area (Å²) in [6.45, 7) is 4.60. The lowest BCUT2D eigenvalue weighted by molar-refractivity contribution is -0.384. The molecule has 1 heterocycles. The van der Waals surface area contributed by atoms with Gasteiger partial charge in [-0.3, -0.25) is 10.1 Å². The highest BCUT2D eigenvalue weighted by Crippen LogP contribution is 2.30. The highest BCUT2D eigenvalue weighted by molar-refractivity contribution is 6.13. The summed E-state index contributed by atoms with van der Waals surface area (Å²) in [5.74, 6) is 0.878. The zero-order valence-corrected chi connectivity index (χ0v) is 16.2. The monoisotopic (exact) mass is 396 g/mol. The Morgan fingerprint density at radius 3 is 2.69 bits per heavy atom. The number of aliphatic imine (C=N–C) groups is 1. The molecule has 0 aliphatic carbocycles. The molecule has 0 spiro atoms. The Hall–Kier alpha value is -3.68. The van der Waals surface area contributed by atoms with E-state index in [0.717, 1.165) is 0 Å². The average molecular weight is 396 g/mol. The molecule has 0 unspecified atom stereocenters. The second-order valence-electron chi connectivity index (χ2n) is 6.76. The van der Waals surface area contributed by atoms with Crippen LogP contribution in [0.2, 0.25) is 0 Å². The number of nitro groups is 1. The van der Waals surface area contributed by atoms with Gasteiger partial charge in [-0.2, -0.15) is 0 Å². The van der Waals surface area contributed by atoms with Gasteiger partial charge in [0.1, 0.15) is 0 Å². The van der Waals surface area contributed by atoms with Crippen LogP contribution in [0.3, 0.4) is 0 Å². The number of carbonyl (C=O) groups excluding carboxylic acids is 1. The number of rotatable bonds is 7. The van der Waals surface area contributed by atoms with Crippen molar-refractivity contribution in [2.45, 2.75) is 13.8 Å². The largest absolute Gasteiger partial charge is 0.493 e. The fraction of sp³-hybridized carbons (Fsp3) is 0.238. The van der Waals surface area contributed by atoms with Crippen LogP contribution in [0.15, 0.2) is 53.2 Å². The molecule has 150 valence electrons. The minimum absolute atomic E-state index is 0.0229. The lowest BCUT2D eigenvalue weighted by Gasteiger charge is -2.13. The molecule has 0 amide bonds. The van der Waals surface area contributed by atoms with E-state index in [4.69, 9.17) is 14.2 Å². The normalized spacial score (nSPS) is 14.7. The number of esters is 1. The maximum atomic E-state index is 12.2. The average Bonchev–Trinajstić information content (AvgIpc) is 3.07. The summed E-state index contributed by atoms with van der Waals surface area (Å²) in [5.41, 5.74) is 1.01. The smallest absolute Gasteiger partial charge is 0.363 e. The molecular weight excluding hydrogens is 376 g/mol. The highest BCUT2D eigenvalue weighted by Gasteiger charge is 2.25. The number of non-ortho nitro benzene ring substituents is 1. The molecule has 0 N–H and O–H groups in total. The van der Waals surface area contributed by atoms with Crippen molar-refractivity contribution in [3.05, 3.63) is 69.4 Å². The number of ether oxygens (including phenoxy) is 3. The zero-order chi connectivity index (χ0) is 21.0. The maximum absolute atomic E-state index is 12.2. The fourth-order valence-corrected chi connectivity index (χ4v) is 2.60. The molecule has 3 rings (SSSR count). The van der Waals surface area contributed by atoms with Crippen molar-refractivity contribution < 1.29 is 23.9 Å². The summed E-state index contributed by atoms with van der Waals surface area (Å²) in [6.07, 6.45) is 1.56. The highest BCUT2D eigenvalue weighted by atomic mass is 16.6. The van der Waals surface area contributed by atoms with Gasteiger partial charge in [0.05, 0.1) is 18.6 Å². The number of hydrogen-bond acceptors (Lipinski definition) is 7. The van der Waals surface area contributed by atoms with Crippen molar-refractivity contribution in [1.82, 2.24) is 0 Å². The van der Waals surface area contributed by atoms with Crippen molar-refractivity contribution in [3.8, 4) is 11.5 Å². The van der Waals surface area contributed by atoms with Crippen molar-refractivity contribution in [3.63, 3.8) is 0 Å². The first-order valence-electron chi connectivity index (χ1n) is 8.95. The SMILES string of the molecule is COc1ccc(/C=C2\N=C(c3cccc([N+](=O)[O-])c3)OC2=O)cc1OCC(C)C. The van der Waals surface area contributed by atoms with E-state index in [9.17, 15) is 14.9 Å². The Kier molecular flexibility index (Phi) is 5.92. The van der Waals surface area contributed by atoms with Crippen LogP contribution in [0.5, 0.6) is 11.5 Å². The molecule has 0 aromatic heterocycles. The number of carbonyl (C=O) groups is 1. The predicted octanol–water partition coefficient (Wildman–Crippen LogP) is 3.98. The molecule has 8 heteroatoms. The van der Waals surface area contributed by atoms with Gasteiger partial charge in [0.25, 0.3) is 5.69 Å². The third-order valence-electron chi connectivity index (χ3n) is 3.99. The Labute approximate surface area is 167 Å². The summed E-state index contributed by atoms with van der Waals surface area (Å²) in [6, 6.07) is 11.0. The van der Waals surface area contributed by atoms with E-state index in [-0.39, 0.29) is 17.3 Å². The number of methoxy groups -OCH3 is 1. The van der Waals surface area contributed by atoms with Crippen LogP contribution in [-0.2, 0) is 9.53 Å². The Morgan fingerprint density at radius 1 is 1.21 bits per heavy atom. The molecule has 0 saturated heterocycles. The van der Waals surface area contributed by atoms with E-state index in [1.807, 2.05) is 13.8 Å². The van der Waals surface area contributed by atoms with Gasteiger partial charge >= 0.3 is 5.97 Å². The Morgan fingerprint density at radius 2 is 2.00 bits per heavy atom. The van der Waals surface area contributed by atoms with Gasteiger partial charge in [-0.25, -0.2) is 9.79 Å². The molecule has 0 radical (unpaired) electrons. The number of cyclic esters (lactones) is 1. The van der Waals surface area contributed by atoms with Crippen LogP contribution >= 0.6 is 0 Å². The second-order valence-corrected chi connectivity index (χ2v) is 6.76. The molecule has 2 aromatic rings. The summed E-state index contributed by atoms with van der Waals surface area (Å²) in [7, 11) is 1.56. The summed E-state index contributed by atoms with van der Waals surface area (Å²) in [4.78, 5) is 26.8. The quantitative estimate of drug-likeness (QED) is 0.304. The summed E-state index contributed by atoms with van der Waals surface area (Å²) < 4.78 is 16.3. The number of nitrogens with zero attached hydrogens (tertiary/aromatic N) is 2. The molecule has 0 saturated carbocycles. The van der Waals surface area contributed by atoms with Crippen molar-refractivity contribution in [1.29, 1.82) is 0 Å². The first kappa shape index (κ1) is 20.1. The lowest BCUT2D eigenvalue weighted by Crippen LogP contribution is -2.06. The first-order chi connectivity index (χ1) is 13.9. The van der Waals surface area contributed by atoms with Gasteiger partial charge in [-0.1, -0.05) is 26.0 Å². The van der Waals surface area contributed by atoms with Gasteiger partial charge in [0, 0.05) is 17.7 Å². The molecule has 29 heavy (non-hydrogen) atoms. The van der Waals surface area contributed by atoms with Gasteiger partial charge in [0.15, 0.2) is 17.2 Å². The second kappa shape index (κ2) is 8.55. The Balaban J connectivity index is 1.90. The van der Waals surface area contributed by atoms with Crippen LogP contribution in [0.1, 0.15) is 25.0 Å². The van der Waals surface area contributed by atoms with E-state index in [1.165, 1.54) is 18.2 Å². The van der Waals surface area contributed by atoms with Crippen molar-refractivity contribution in [2.75, 3.05) is 13.7 Å². The molecule has 8 nitrogen and oxygen atoms in total. The lowest BCUT2D eigenvalue weighted by atomic mass is 10.1. The van der Waals surface area contributed by atoms with E-state index in [2.05, 4.69) is 4.99 Å². The van der Waals surface area contributed by atoms with E-state index in [1.54, 1.807) is 37.5 Å². The fourth-order valence-electron chi connectivity index (χ4n) is 2.60. The standard InChI is InChI=1S/C21H20N2O6/c1-13(2)12-28-19-10-14(7-8-18(19)27-3)9-17-21(24)29-20(22-17)15-5-4-6-16(11-15)23(25)26/h4-11,13H,12H2,1-3H3/b17-9-. The van der Waals surface area contributed by atoms with Crippen LogP contribution in [0.4, 0.5) is 5.69 Å². The zero-order valence-electron chi connectivity index (χ0n) is 16.2. The minimum atomic E-state index is -0.632. The van der Waals surface area contributed by atoms with Crippen LogP contribution in [0.25, 0.3) is 6.08 Å². The maximum Gasteiger partial charge on any atom is 0.363 e. The van der Waals surface area contributed by atoms with Crippen LogP contribution in [0, 0.1) is 16.0 Å². The van der Waals surface area contributed by atoms with Gasteiger partial charge in [-0.05, 0) is 35.8 Å². The molecule has 0 atom stereocenters. The number of nitro benzene ring substituents is 1. The van der Waals surface area contributed by atoms with E-state index in [0.29, 0.717) is 35.2 Å². The molecular formula is C21H20N2O6. The third kappa shape index (κ3) is 4.78. The minimum Gasteiger partial charge on any atom is -0.493 e. The summed E-state index contributed by atoms with van der Waals surface area (Å²) in [5, 5.41) is 10.9. The number of benzene rings is 2.